The number of aryl methyl sites for hydroxylation is 1. The maximum Gasteiger partial charge on any atom is 0.198 e. The lowest BCUT2D eigenvalue weighted by molar-refractivity contribution is -0.242. The highest BCUT2D eigenvalue weighted by molar-refractivity contribution is 5.52. The van der Waals surface area contributed by atoms with Gasteiger partial charge in [-0.15, -0.1) is 0 Å². The van der Waals surface area contributed by atoms with E-state index in [-0.39, 0.29) is 5.92 Å². The molecule has 0 fully saturated rings. The van der Waals surface area contributed by atoms with Crippen molar-refractivity contribution in [2.24, 2.45) is 5.92 Å². The van der Waals surface area contributed by atoms with E-state index in [0.29, 0.717) is 6.42 Å². The molecule has 3 nitrogen and oxygen atoms in total. The summed E-state index contributed by atoms with van der Waals surface area (Å²) in [6, 6.07) is 6.27. The van der Waals surface area contributed by atoms with Crippen molar-refractivity contribution in [2.75, 3.05) is 14.2 Å². The summed E-state index contributed by atoms with van der Waals surface area (Å²) in [6.45, 7) is 2.05. The Balaban J connectivity index is 2.51. The Kier molecular flexibility index (Phi) is 3.31. The summed E-state index contributed by atoms with van der Waals surface area (Å²) in [5, 5.41) is 0. The summed E-state index contributed by atoms with van der Waals surface area (Å²) in [4.78, 5) is 10.8. The molecule has 0 aromatic heterocycles. The van der Waals surface area contributed by atoms with Crippen molar-refractivity contribution in [3.05, 3.63) is 34.9 Å². The minimum absolute atomic E-state index is 0.0619. The van der Waals surface area contributed by atoms with E-state index in [1.807, 2.05) is 6.92 Å². The lowest BCUT2D eigenvalue weighted by atomic mass is 9.95. The number of methoxy groups -OCH3 is 2. The molecular formula is C14H18O3. The van der Waals surface area contributed by atoms with Gasteiger partial charge in [0.05, 0.1) is 0 Å². The third-order valence-corrected chi connectivity index (χ3v) is 3.63. The third kappa shape index (κ3) is 1.79. The van der Waals surface area contributed by atoms with Crippen LogP contribution in [0.25, 0.3) is 0 Å². The van der Waals surface area contributed by atoms with Crippen LogP contribution in [0.3, 0.4) is 0 Å². The average Bonchev–Trinajstić information content (AvgIpc) is 2.63. The molecule has 1 aromatic carbocycles. The number of aldehydes is 1. The van der Waals surface area contributed by atoms with Gasteiger partial charge in [0.2, 0.25) is 0 Å². The molecule has 92 valence electrons. The molecule has 0 N–H and O–H groups in total. The van der Waals surface area contributed by atoms with Crippen molar-refractivity contribution in [1.82, 2.24) is 0 Å². The summed E-state index contributed by atoms with van der Waals surface area (Å²) < 4.78 is 11.2. The van der Waals surface area contributed by atoms with E-state index in [1.165, 1.54) is 11.1 Å². The molecule has 0 saturated heterocycles. The fraction of sp³-hybridized carbons (Fsp3) is 0.500. The van der Waals surface area contributed by atoms with Crippen LogP contribution in [0.4, 0.5) is 0 Å². The number of rotatable bonds is 4. The lowest BCUT2D eigenvalue weighted by Gasteiger charge is -2.33. The standard InChI is InChI=1S/C14H18O3/c1-10-4-5-11-9-12(6-7-15)14(16-2,17-3)13(11)8-10/h4-5,7-8,12H,6,9H2,1-3H3. The fourth-order valence-electron chi connectivity index (χ4n) is 2.80. The lowest BCUT2D eigenvalue weighted by Crippen LogP contribution is -2.36. The molecule has 0 heterocycles. The van der Waals surface area contributed by atoms with Crippen LogP contribution in [0.2, 0.25) is 0 Å². The number of carbonyl (C=O) groups is 1. The van der Waals surface area contributed by atoms with Crippen LogP contribution in [-0.2, 0) is 26.5 Å². The summed E-state index contributed by atoms with van der Waals surface area (Å²) in [5.41, 5.74) is 3.45. The van der Waals surface area contributed by atoms with Crippen LogP contribution in [-0.4, -0.2) is 20.5 Å². The third-order valence-electron chi connectivity index (χ3n) is 3.63. The minimum atomic E-state index is -0.762. The van der Waals surface area contributed by atoms with Crippen LogP contribution in [0.5, 0.6) is 0 Å². The number of benzene rings is 1. The summed E-state index contributed by atoms with van der Waals surface area (Å²) in [6.07, 6.45) is 2.22. The molecule has 2 rings (SSSR count). The van der Waals surface area contributed by atoms with E-state index in [4.69, 9.17) is 9.47 Å². The molecule has 1 atom stereocenters. The van der Waals surface area contributed by atoms with E-state index >= 15 is 0 Å². The van der Waals surface area contributed by atoms with Crippen molar-refractivity contribution in [3.8, 4) is 0 Å². The second-order valence-corrected chi connectivity index (χ2v) is 4.54. The topological polar surface area (TPSA) is 35.5 Å². The number of hydrogen-bond donors (Lipinski definition) is 0. The Morgan fingerprint density at radius 3 is 2.71 bits per heavy atom. The first-order chi connectivity index (χ1) is 8.17. The van der Waals surface area contributed by atoms with Gasteiger partial charge in [0, 0.05) is 32.1 Å². The van der Waals surface area contributed by atoms with Gasteiger partial charge in [-0.25, -0.2) is 0 Å². The molecule has 0 saturated carbocycles. The molecule has 1 aromatic rings. The van der Waals surface area contributed by atoms with E-state index in [0.717, 1.165) is 18.3 Å². The van der Waals surface area contributed by atoms with Crippen molar-refractivity contribution in [2.45, 2.75) is 25.6 Å². The first-order valence-electron chi connectivity index (χ1n) is 5.82. The molecule has 1 aliphatic carbocycles. The van der Waals surface area contributed by atoms with Gasteiger partial charge in [0.15, 0.2) is 5.79 Å². The number of hydrogen-bond acceptors (Lipinski definition) is 3. The van der Waals surface area contributed by atoms with Gasteiger partial charge in [-0.2, -0.15) is 0 Å². The number of fused-ring (bicyclic) bond motifs is 1. The monoisotopic (exact) mass is 234 g/mol. The predicted octanol–water partition coefficient (Wildman–Crippen LogP) is 2.20. The molecular weight excluding hydrogens is 216 g/mol. The van der Waals surface area contributed by atoms with Gasteiger partial charge >= 0.3 is 0 Å². The smallest absolute Gasteiger partial charge is 0.198 e. The van der Waals surface area contributed by atoms with Crippen LogP contribution < -0.4 is 0 Å². The van der Waals surface area contributed by atoms with Gasteiger partial charge in [0.25, 0.3) is 0 Å². The zero-order chi connectivity index (χ0) is 12.5. The molecule has 0 amide bonds. The molecule has 0 aliphatic heterocycles. The molecule has 17 heavy (non-hydrogen) atoms. The second-order valence-electron chi connectivity index (χ2n) is 4.54. The highest BCUT2D eigenvalue weighted by Gasteiger charge is 2.47. The molecule has 0 radical (unpaired) electrons. The van der Waals surface area contributed by atoms with Crippen molar-refractivity contribution in [3.63, 3.8) is 0 Å². The molecule has 1 unspecified atom stereocenters. The highest BCUT2D eigenvalue weighted by Crippen LogP contribution is 2.46. The van der Waals surface area contributed by atoms with Crippen molar-refractivity contribution < 1.29 is 14.3 Å². The Labute approximate surface area is 102 Å². The molecule has 0 spiro atoms. The summed E-state index contributed by atoms with van der Waals surface area (Å²) in [7, 11) is 3.28. The Morgan fingerprint density at radius 2 is 2.12 bits per heavy atom. The normalized spacial score (nSPS) is 21.2. The number of ether oxygens (including phenoxy) is 2. The first-order valence-corrected chi connectivity index (χ1v) is 5.82. The number of carbonyl (C=O) groups excluding carboxylic acids is 1. The molecule has 3 heteroatoms. The van der Waals surface area contributed by atoms with Gasteiger partial charge in [-0.05, 0) is 18.9 Å². The summed E-state index contributed by atoms with van der Waals surface area (Å²) in [5.74, 6) is -0.700. The van der Waals surface area contributed by atoms with E-state index in [1.54, 1.807) is 14.2 Å². The summed E-state index contributed by atoms with van der Waals surface area (Å²) >= 11 is 0. The van der Waals surface area contributed by atoms with Gasteiger partial charge < -0.3 is 14.3 Å². The zero-order valence-electron chi connectivity index (χ0n) is 10.5. The van der Waals surface area contributed by atoms with Gasteiger partial charge in [-0.1, -0.05) is 23.8 Å². The van der Waals surface area contributed by atoms with Crippen LogP contribution in [0, 0.1) is 12.8 Å². The first kappa shape index (κ1) is 12.3. The second kappa shape index (κ2) is 4.59. The Morgan fingerprint density at radius 1 is 1.41 bits per heavy atom. The minimum Gasteiger partial charge on any atom is -0.349 e. The largest absolute Gasteiger partial charge is 0.349 e. The fourth-order valence-corrected chi connectivity index (χ4v) is 2.80. The Bertz CT molecular complexity index is 421. The maximum absolute atomic E-state index is 10.8. The van der Waals surface area contributed by atoms with Gasteiger partial charge in [0.1, 0.15) is 6.29 Å². The van der Waals surface area contributed by atoms with Crippen LogP contribution >= 0.6 is 0 Å². The van der Waals surface area contributed by atoms with E-state index < -0.39 is 5.79 Å². The zero-order valence-corrected chi connectivity index (χ0v) is 10.5. The van der Waals surface area contributed by atoms with Crippen LogP contribution in [0.15, 0.2) is 18.2 Å². The average molecular weight is 234 g/mol. The maximum atomic E-state index is 10.8. The molecule has 0 bridgehead atoms. The van der Waals surface area contributed by atoms with Crippen molar-refractivity contribution in [1.29, 1.82) is 0 Å². The SMILES string of the molecule is COC1(OC)c2cc(C)ccc2CC1CC=O. The van der Waals surface area contributed by atoms with E-state index in [9.17, 15) is 4.79 Å². The Hall–Kier alpha value is -1.19. The van der Waals surface area contributed by atoms with Crippen LogP contribution in [0.1, 0.15) is 23.1 Å². The quantitative estimate of drug-likeness (QED) is 0.592. The highest BCUT2D eigenvalue weighted by atomic mass is 16.7. The molecule has 1 aliphatic rings. The van der Waals surface area contributed by atoms with Gasteiger partial charge in [-0.3, -0.25) is 0 Å². The van der Waals surface area contributed by atoms with E-state index in [2.05, 4.69) is 18.2 Å². The predicted molar refractivity (Wildman–Crippen MR) is 64.8 cm³/mol. The van der Waals surface area contributed by atoms with Crippen molar-refractivity contribution >= 4 is 6.29 Å².